The van der Waals surface area contributed by atoms with Gasteiger partial charge in [0.2, 0.25) is 0 Å². The molecular weight excluding hydrogens is 566 g/mol. The van der Waals surface area contributed by atoms with E-state index in [-0.39, 0.29) is 11.7 Å². The van der Waals surface area contributed by atoms with Crippen molar-refractivity contribution in [1.29, 1.82) is 0 Å². The standard InChI is InChI=1S/C39H48F2N2O2/c1-5-11-28(2)12-7-6-8-13-30-17-21-34(37(26-30)45-39(40)41)33-18-16-29(3)35(27-33)36(22-23-42-4)43-24-9-14-31(15-10-25-43)38(44)32-19-20-32/h8,12-14,17-18,21-23,26-27,32,39H,3,5-7,9-11,15-16,19-20,24-25H2,1-2,4H3/b13-8+,28-12-,31-14-,36-22+,42-23-. The van der Waals surface area contributed by atoms with Crippen molar-refractivity contribution < 1.29 is 18.3 Å². The normalized spacial score (nSPS) is 19.8. The summed E-state index contributed by atoms with van der Waals surface area (Å²) in [6.45, 7) is 7.34. The van der Waals surface area contributed by atoms with Crippen LogP contribution in [0.15, 0.2) is 94.2 Å². The number of hydrogen-bond donors (Lipinski definition) is 0. The minimum Gasteiger partial charge on any atom is -0.434 e. The number of benzene rings is 1. The van der Waals surface area contributed by atoms with E-state index >= 15 is 0 Å². The Balaban J connectivity index is 1.57. The van der Waals surface area contributed by atoms with Crippen LogP contribution in [0.25, 0.3) is 11.6 Å². The lowest BCUT2D eigenvalue weighted by Crippen LogP contribution is -2.29. The van der Waals surface area contributed by atoms with Crippen molar-refractivity contribution >= 4 is 23.6 Å². The molecule has 45 heavy (non-hydrogen) atoms. The summed E-state index contributed by atoms with van der Waals surface area (Å²) in [4.78, 5) is 19.2. The van der Waals surface area contributed by atoms with E-state index in [1.54, 1.807) is 19.3 Å². The third-order valence-electron chi connectivity index (χ3n) is 8.49. The Morgan fingerprint density at radius 1 is 1.20 bits per heavy atom. The fraction of sp³-hybridized carbons (Fsp3) is 0.436. The van der Waals surface area contributed by atoms with E-state index in [1.807, 2.05) is 36.4 Å². The number of aliphatic imine (C=N–C) groups is 1. The second-order valence-corrected chi connectivity index (χ2v) is 12.1. The number of nitrogens with zero attached hydrogens (tertiary/aromatic N) is 2. The molecular formula is C39H48F2N2O2. The summed E-state index contributed by atoms with van der Waals surface area (Å²) in [5.41, 5.74) is 7.58. The van der Waals surface area contributed by atoms with Gasteiger partial charge in [0.25, 0.3) is 0 Å². The molecule has 0 amide bonds. The fourth-order valence-electron chi connectivity index (χ4n) is 5.97. The van der Waals surface area contributed by atoms with E-state index < -0.39 is 6.61 Å². The smallest absolute Gasteiger partial charge is 0.387 e. The Bertz CT molecular complexity index is 1440. The van der Waals surface area contributed by atoms with Gasteiger partial charge >= 0.3 is 6.61 Å². The van der Waals surface area contributed by atoms with Crippen molar-refractivity contribution in [2.45, 2.75) is 84.7 Å². The maximum atomic E-state index is 13.6. The first kappa shape index (κ1) is 34.1. The predicted octanol–water partition coefficient (Wildman–Crippen LogP) is 10.1. The van der Waals surface area contributed by atoms with Gasteiger partial charge in [-0.2, -0.15) is 8.78 Å². The lowest BCUT2D eigenvalue weighted by Gasteiger charge is -2.32. The molecule has 0 bridgehead atoms. The average molecular weight is 615 g/mol. The summed E-state index contributed by atoms with van der Waals surface area (Å²) in [6.07, 6.45) is 25.5. The molecule has 4 nitrogen and oxygen atoms in total. The highest BCUT2D eigenvalue weighted by Gasteiger charge is 2.32. The molecule has 6 heteroatoms. The third-order valence-corrected chi connectivity index (χ3v) is 8.49. The molecule has 1 aliphatic heterocycles. The van der Waals surface area contributed by atoms with Gasteiger partial charge in [-0.15, -0.1) is 0 Å². The molecule has 1 saturated carbocycles. The molecule has 2 aliphatic carbocycles. The number of rotatable bonds is 14. The highest BCUT2D eigenvalue weighted by molar-refractivity contribution is 5.98. The minimum atomic E-state index is -2.93. The highest BCUT2D eigenvalue weighted by atomic mass is 19.3. The van der Waals surface area contributed by atoms with Gasteiger partial charge in [0.15, 0.2) is 5.78 Å². The summed E-state index contributed by atoms with van der Waals surface area (Å²) in [5.74, 6) is 0.744. The molecule has 1 fully saturated rings. The van der Waals surface area contributed by atoms with Crippen molar-refractivity contribution in [2.75, 3.05) is 20.1 Å². The molecule has 240 valence electrons. The Hall–Kier alpha value is -3.80. The van der Waals surface area contributed by atoms with Crippen LogP contribution < -0.4 is 4.74 Å². The van der Waals surface area contributed by atoms with Crippen molar-refractivity contribution in [3.63, 3.8) is 0 Å². The number of carbonyl (C=O) groups excluding carboxylic acids is 1. The molecule has 0 radical (unpaired) electrons. The van der Waals surface area contributed by atoms with Crippen LogP contribution in [0.3, 0.4) is 0 Å². The van der Waals surface area contributed by atoms with Gasteiger partial charge in [0.05, 0.1) is 0 Å². The maximum absolute atomic E-state index is 13.6. The summed E-state index contributed by atoms with van der Waals surface area (Å²) in [5, 5.41) is 0. The minimum absolute atomic E-state index is 0.158. The van der Waals surface area contributed by atoms with E-state index in [0.29, 0.717) is 17.8 Å². The first-order valence-corrected chi connectivity index (χ1v) is 16.4. The monoisotopic (exact) mass is 614 g/mol. The van der Waals surface area contributed by atoms with Gasteiger partial charge in [-0.1, -0.05) is 68.0 Å². The van der Waals surface area contributed by atoms with Crippen LogP contribution in [0.5, 0.6) is 5.75 Å². The topological polar surface area (TPSA) is 41.9 Å². The van der Waals surface area contributed by atoms with Crippen molar-refractivity contribution in [1.82, 2.24) is 4.90 Å². The van der Waals surface area contributed by atoms with Crippen LogP contribution in [0.4, 0.5) is 8.78 Å². The number of alkyl halides is 2. The number of ketones is 1. The molecule has 0 unspecified atom stereocenters. The first-order valence-electron chi connectivity index (χ1n) is 16.4. The Morgan fingerprint density at radius 2 is 2.02 bits per heavy atom. The largest absolute Gasteiger partial charge is 0.434 e. The maximum Gasteiger partial charge on any atom is 0.387 e. The molecule has 1 aromatic carbocycles. The summed E-state index contributed by atoms with van der Waals surface area (Å²) < 4.78 is 32.2. The van der Waals surface area contributed by atoms with E-state index in [1.165, 1.54) is 5.57 Å². The molecule has 1 aromatic rings. The summed E-state index contributed by atoms with van der Waals surface area (Å²) >= 11 is 0. The van der Waals surface area contributed by atoms with Gasteiger partial charge in [0.1, 0.15) is 5.75 Å². The highest BCUT2D eigenvalue weighted by Crippen LogP contribution is 2.38. The molecule has 0 atom stereocenters. The van der Waals surface area contributed by atoms with E-state index in [0.717, 1.165) is 104 Å². The number of carbonyl (C=O) groups is 1. The molecule has 0 N–H and O–H groups in total. The first-order chi connectivity index (χ1) is 21.8. The summed E-state index contributed by atoms with van der Waals surface area (Å²) in [6, 6.07) is 5.51. The van der Waals surface area contributed by atoms with Crippen molar-refractivity contribution in [3.8, 4) is 5.75 Å². The lowest BCUT2D eigenvalue weighted by atomic mass is 9.88. The SMILES string of the molecule is C=C1CC=C(c2ccc(/C=C/CC/C=C(/C)CCC)cc2OC(F)F)C=C1/C(=C\C=N/C)N1CC/C=C(\C(=O)C2CC2)CCC1. The van der Waals surface area contributed by atoms with Gasteiger partial charge in [-0.25, -0.2) is 0 Å². The van der Waals surface area contributed by atoms with Crippen LogP contribution in [-0.4, -0.2) is 43.6 Å². The molecule has 4 rings (SSSR count). The Kier molecular flexibility index (Phi) is 12.9. The average Bonchev–Trinajstić information content (AvgIpc) is 3.84. The van der Waals surface area contributed by atoms with Crippen LogP contribution in [0, 0.1) is 5.92 Å². The van der Waals surface area contributed by atoms with Crippen LogP contribution in [0.1, 0.15) is 89.2 Å². The van der Waals surface area contributed by atoms with Crippen molar-refractivity contribution in [2.24, 2.45) is 10.9 Å². The van der Waals surface area contributed by atoms with Gasteiger partial charge in [-0.05, 0) is 105 Å². The van der Waals surface area contributed by atoms with Gasteiger partial charge in [-0.3, -0.25) is 9.79 Å². The van der Waals surface area contributed by atoms with Crippen LogP contribution >= 0.6 is 0 Å². The zero-order valence-corrected chi connectivity index (χ0v) is 27.2. The summed E-state index contributed by atoms with van der Waals surface area (Å²) in [7, 11) is 1.74. The zero-order chi connectivity index (χ0) is 32.2. The van der Waals surface area contributed by atoms with E-state index in [9.17, 15) is 13.6 Å². The van der Waals surface area contributed by atoms with Crippen LogP contribution in [-0.2, 0) is 4.79 Å². The number of allylic oxidation sites excluding steroid dienone is 9. The van der Waals surface area contributed by atoms with E-state index in [4.69, 9.17) is 4.74 Å². The van der Waals surface area contributed by atoms with E-state index in [2.05, 4.69) is 48.5 Å². The van der Waals surface area contributed by atoms with Crippen molar-refractivity contribution in [3.05, 3.63) is 100 Å². The van der Waals surface area contributed by atoms with Gasteiger partial charge in [0, 0.05) is 49.1 Å². The number of halogens is 2. The molecule has 3 aliphatic rings. The number of Topliss-reactive ketones (excluding diaryl/α,β-unsaturated/α-hetero) is 1. The number of hydrogen-bond acceptors (Lipinski definition) is 4. The third kappa shape index (κ3) is 10.1. The molecule has 0 spiro atoms. The number of unbranched alkanes of at least 4 members (excludes halogenated alkanes) is 1. The second kappa shape index (κ2) is 17.0. The fourth-order valence-corrected chi connectivity index (χ4v) is 5.97. The Morgan fingerprint density at radius 3 is 2.76 bits per heavy atom. The zero-order valence-electron chi connectivity index (χ0n) is 27.2. The lowest BCUT2D eigenvalue weighted by molar-refractivity contribution is -0.116. The predicted molar refractivity (Wildman–Crippen MR) is 184 cm³/mol. The second-order valence-electron chi connectivity index (χ2n) is 12.1. The molecule has 1 heterocycles. The Labute approximate surface area is 268 Å². The molecule has 0 aromatic heterocycles. The van der Waals surface area contributed by atoms with Gasteiger partial charge < -0.3 is 9.64 Å². The quantitative estimate of drug-likeness (QED) is 0.119. The van der Waals surface area contributed by atoms with Crippen LogP contribution in [0.2, 0.25) is 0 Å². The molecule has 0 saturated heterocycles. The number of ether oxygens (including phenoxy) is 1.